The fourth-order valence-electron chi connectivity index (χ4n) is 1.50. The van der Waals surface area contributed by atoms with Crippen LogP contribution in [0.15, 0.2) is 18.2 Å². The van der Waals surface area contributed by atoms with Crippen LogP contribution in [0.4, 0.5) is 0 Å². The molecule has 0 spiro atoms. The van der Waals surface area contributed by atoms with Crippen molar-refractivity contribution in [3.05, 3.63) is 23.8 Å². The summed E-state index contributed by atoms with van der Waals surface area (Å²) in [6.45, 7) is 4.78. The third-order valence-corrected chi connectivity index (χ3v) is 2.57. The number of aromatic hydroxyl groups is 2. The first-order valence-electron chi connectivity index (χ1n) is 6.47. The lowest BCUT2D eigenvalue weighted by molar-refractivity contribution is -0.121. The van der Waals surface area contributed by atoms with E-state index in [0.717, 1.165) is 6.07 Å². The Balaban J connectivity index is 2.38. The lowest BCUT2D eigenvalue weighted by atomic mass is 10.1. The molecule has 1 aromatic rings. The third-order valence-electron chi connectivity index (χ3n) is 2.57. The van der Waals surface area contributed by atoms with Crippen molar-refractivity contribution in [3.8, 4) is 11.5 Å². The number of hydrogen-bond donors (Lipinski definition) is 4. The first kappa shape index (κ1) is 15.8. The Bertz CT molecular complexity index is 486. The van der Waals surface area contributed by atoms with E-state index in [1.54, 1.807) is 0 Å². The van der Waals surface area contributed by atoms with Gasteiger partial charge in [0.25, 0.3) is 5.91 Å². The Kier molecular flexibility index (Phi) is 5.83. The van der Waals surface area contributed by atoms with Crippen LogP contribution in [0.3, 0.4) is 0 Å². The van der Waals surface area contributed by atoms with Gasteiger partial charge < -0.3 is 20.8 Å². The normalized spacial score (nSPS) is 10.3. The minimum Gasteiger partial charge on any atom is -0.508 e. The molecule has 0 aliphatic rings. The van der Waals surface area contributed by atoms with Crippen molar-refractivity contribution in [1.82, 2.24) is 10.6 Å². The molecule has 0 saturated carbocycles. The number of hydrogen-bond acceptors (Lipinski definition) is 4. The minimum absolute atomic E-state index is 0.0605. The maximum Gasteiger partial charge on any atom is 0.255 e. The number of benzene rings is 1. The van der Waals surface area contributed by atoms with Crippen LogP contribution in [0, 0.1) is 5.92 Å². The predicted octanol–water partition coefficient (Wildman–Crippen LogP) is 0.990. The summed E-state index contributed by atoms with van der Waals surface area (Å²) in [7, 11) is 0. The summed E-state index contributed by atoms with van der Waals surface area (Å²) in [6, 6.07) is 3.72. The first-order valence-corrected chi connectivity index (χ1v) is 6.47. The molecule has 6 heteroatoms. The van der Waals surface area contributed by atoms with E-state index in [-0.39, 0.29) is 35.9 Å². The van der Waals surface area contributed by atoms with E-state index in [1.807, 2.05) is 13.8 Å². The average Bonchev–Trinajstić information content (AvgIpc) is 2.36. The van der Waals surface area contributed by atoms with Crippen molar-refractivity contribution in [2.45, 2.75) is 20.3 Å². The molecular formula is C14H20N2O4. The van der Waals surface area contributed by atoms with Crippen molar-refractivity contribution in [1.29, 1.82) is 0 Å². The summed E-state index contributed by atoms with van der Waals surface area (Å²) in [5.41, 5.74) is 0.0605. The van der Waals surface area contributed by atoms with Gasteiger partial charge in [-0.3, -0.25) is 9.59 Å². The molecule has 0 aliphatic heterocycles. The van der Waals surface area contributed by atoms with Gasteiger partial charge in [0.2, 0.25) is 5.91 Å². The molecule has 0 atom stereocenters. The highest BCUT2D eigenvalue weighted by Gasteiger charge is 2.11. The number of phenolic OH excluding ortho intramolecular Hbond substituents is 2. The summed E-state index contributed by atoms with van der Waals surface area (Å²) < 4.78 is 0. The van der Waals surface area contributed by atoms with Gasteiger partial charge in [-0.05, 0) is 18.1 Å². The largest absolute Gasteiger partial charge is 0.508 e. The molecule has 0 aliphatic carbocycles. The van der Waals surface area contributed by atoms with E-state index >= 15 is 0 Å². The molecule has 0 bridgehead atoms. The Morgan fingerprint density at radius 2 is 1.90 bits per heavy atom. The Labute approximate surface area is 117 Å². The highest BCUT2D eigenvalue weighted by molar-refractivity contribution is 5.97. The van der Waals surface area contributed by atoms with Gasteiger partial charge >= 0.3 is 0 Å². The summed E-state index contributed by atoms with van der Waals surface area (Å²) in [5.74, 6) is -0.658. The molecular weight excluding hydrogens is 260 g/mol. The number of carbonyl (C=O) groups excluding carboxylic acids is 2. The van der Waals surface area contributed by atoms with E-state index in [9.17, 15) is 14.7 Å². The fourth-order valence-corrected chi connectivity index (χ4v) is 1.50. The van der Waals surface area contributed by atoms with Gasteiger partial charge in [0.05, 0.1) is 5.56 Å². The van der Waals surface area contributed by atoms with Gasteiger partial charge in [-0.1, -0.05) is 13.8 Å². The van der Waals surface area contributed by atoms with E-state index in [4.69, 9.17) is 5.11 Å². The zero-order chi connectivity index (χ0) is 15.1. The van der Waals surface area contributed by atoms with Crippen molar-refractivity contribution in [2.24, 2.45) is 5.92 Å². The maximum absolute atomic E-state index is 11.7. The SMILES string of the molecule is CC(C)CNC(=O)CCNC(=O)c1ccc(O)cc1O. The molecule has 1 aromatic carbocycles. The molecule has 0 radical (unpaired) electrons. The quantitative estimate of drug-likeness (QED) is 0.624. The molecule has 0 fully saturated rings. The highest BCUT2D eigenvalue weighted by atomic mass is 16.3. The van der Waals surface area contributed by atoms with Crippen LogP contribution in [0.2, 0.25) is 0 Å². The van der Waals surface area contributed by atoms with Gasteiger partial charge in [0, 0.05) is 25.6 Å². The van der Waals surface area contributed by atoms with Crippen LogP contribution in [0.5, 0.6) is 11.5 Å². The van der Waals surface area contributed by atoms with Crippen molar-refractivity contribution in [2.75, 3.05) is 13.1 Å². The minimum atomic E-state index is -0.487. The zero-order valence-electron chi connectivity index (χ0n) is 11.6. The summed E-state index contributed by atoms with van der Waals surface area (Å²) >= 11 is 0. The van der Waals surface area contributed by atoms with Crippen LogP contribution >= 0.6 is 0 Å². The van der Waals surface area contributed by atoms with Gasteiger partial charge in [-0.15, -0.1) is 0 Å². The van der Waals surface area contributed by atoms with Gasteiger partial charge in [0.15, 0.2) is 0 Å². The second kappa shape index (κ2) is 7.37. The van der Waals surface area contributed by atoms with Crippen LogP contribution < -0.4 is 10.6 Å². The zero-order valence-corrected chi connectivity index (χ0v) is 11.6. The van der Waals surface area contributed by atoms with E-state index < -0.39 is 5.91 Å². The highest BCUT2D eigenvalue weighted by Crippen LogP contribution is 2.22. The van der Waals surface area contributed by atoms with Crippen molar-refractivity contribution in [3.63, 3.8) is 0 Å². The molecule has 0 aromatic heterocycles. The second-order valence-corrected chi connectivity index (χ2v) is 4.91. The molecule has 0 heterocycles. The van der Waals surface area contributed by atoms with Crippen LogP contribution in [-0.2, 0) is 4.79 Å². The molecule has 4 N–H and O–H groups in total. The fraction of sp³-hybridized carbons (Fsp3) is 0.429. The molecule has 20 heavy (non-hydrogen) atoms. The number of rotatable bonds is 6. The third kappa shape index (κ3) is 5.17. The molecule has 1 rings (SSSR count). The number of carbonyl (C=O) groups is 2. The lowest BCUT2D eigenvalue weighted by Crippen LogP contribution is -2.32. The van der Waals surface area contributed by atoms with E-state index in [2.05, 4.69) is 10.6 Å². The number of nitrogens with one attached hydrogen (secondary N) is 2. The summed E-state index contributed by atoms with van der Waals surface area (Å²) in [6.07, 6.45) is 0.178. The van der Waals surface area contributed by atoms with Crippen LogP contribution in [0.1, 0.15) is 30.6 Å². The second-order valence-electron chi connectivity index (χ2n) is 4.91. The maximum atomic E-state index is 11.7. The number of amides is 2. The number of phenols is 2. The van der Waals surface area contributed by atoms with Gasteiger partial charge in [0.1, 0.15) is 11.5 Å². The Hall–Kier alpha value is -2.24. The van der Waals surface area contributed by atoms with Gasteiger partial charge in [-0.25, -0.2) is 0 Å². The first-order chi connectivity index (χ1) is 9.40. The van der Waals surface area contributed by atoms with Gasteiger partial charge in [-0.2, -0.15) is 0 Å². The molecule has 2 amide bonds. The Morgan fingerprint density at radius 3 is 2.50 bits per heavy atom. The van der Waals surface area contributed by atoms with Crippen molar-refractivity contribution >= 4 is 11.8 Å². The molecule has 0 unspecified atom stereocenters. The lowest BCUT2D eigenvalue weighted by Gasteiger charge is -2.09. The monoisotopic (exact) mass is 280 g/mol. The average molecular weight is 280 g/mol. The topological polar surface area (TPSA) is 98.7 Å². The smallest absolute Gasteiger partial charge is 0.255 e. The molecule has 0 saturated heterocycles. The summed E-state index contributed by atoms with van der Waals surface area (Å²) in [5, 5.41) is 23.9. The van der Waals surface area contributed by atoms with E-state index in [0.29, 0.717) is 12.5 Å². The van der Waals surface area contributed by atoms with E-state index in [1.165, 1.54) is 12.1 Å². The predicted molar refractivity (Wildman–Crippen MR) is 74.6 cm³/mol. The Morgan fingerprint density at radius 1 is 1.20 bits per heavy atom. The van der Waals surface area contributed by atoms with Crippen molar-refractivity contribution < 1.29 is 19.8 Å². The molecule has 6 nitrogen and oxygen atoms in total. The summed E-state index contributed by atoms with van der Waals surface area (Å²) in [4.78, 5) is 23.2. The molecule has 110 valence electrons. The van der Waals surface area contributed by atoms with Crippen LogP contribution in [-0.4, -0.2) is 35.1 Å². The standard InChI is InChI=1S/C14H20N2O4/c1-9(2)8-16-13(19)5-6-15-14(20)11-4-3-10(17)7-12(11)18/h3-4,7,9,17-18H,5-6,8H2,1-2H3,(H,15,20)(H,16,19). The van der Waals surface area contributed by atoms with Crippen LogP contribution in [0.25, 0.3) is 0 Å².